The molecule has 0 radical (unpaired) electrons. The maximum atomic E-state index is 11.2. The summed E-state index contributed by atoms with van der Waals surface area (Å²) in [4.78, 5) is 23.9. The molecular formula is C9H15NO2. The Labute approximate surface area is 72.7 Å². The van der Waals surface area contributed by atoms with Crippen LogP contribution in [0, 0.1) is 0 Å². The van der Waals surface area contributed by atoms with Gasteiger partial charge in [-0.05, 0) is 12.8 Å². The average Bonchev–Trinajstić information content (AvgIpc) is 2.08. The second-order valence-corrected chi connectivity index (χ2v) is 3.17. The molecule has 0 spiro atoms. The standard InChI is InChI=1S/C9H15NO2/c1-2-3-6-10-7-4-5-8(11)9(10)12/h2-7H2,1H3. The average molecular weight is 169 g/mol. The zero-order valence-electron chi connectivity index (χ0n) is 7.51. The van der Waals surface area contributed by atoms with Crippen molar-refractivity contribution in [3.63, 3.8) is 0 Å². The second-order valence-electron chi connectivity index (χ2n) is 3.17. The van der Waals surface area contributed by atoms with E-state index in [2.05, 4.69) is 6.92 Å². The van der Waals surface area contributed by atoms with Crippen LogP contribution in [0.2, 0.25) is 0 Å². The van der Waals surface area contributed by atoms with Crippen LogP contribution in [0.5, 0.6) is 0 Å². The number of nitrogens with zero attached hydrogens (tertiary/aromatic N) is 1. The van der Waals surface area contributed by atoms with E-state index in [4.69, 9.17) is 0 Å². The Morgan fingerprint density at radius 3 is 2.83 bits per heavy atom. The smallest absolute Gasteiger partial charge is 0.289 e. The highest BCUT2D eigenvalue weighted by Gasteiger charge is 2.24. The first-order valence-electron chi connectivity index (χ1n) is 4.57. The van der Waals surface area contributed by atoms with Gasteiger partial charge >= 0.3 is 0 Å². The van der Waals surface area contributed by atoms with Crippen LogP contribution in [0.25, 0.3) is 0 Å². The lowest BCUT2D eigenvalue weighted by molar-refractivity contribution is -0.147. The third kappa shape index (κ3) is 2.06. The fourth-order valence-corrected chi connectivity index (χ4v) is 1.38. The maximum Gasteiger partial charge on any atom is 0.289 e. The minimum absolute atomic E-state index is 0.211. The number of hydrogen-bond donors (Lipinski definition) is 0. The molecule has 68 valence electrons. The van der Waals surface area contributed by atoms with Crippen molar-refractivity contribution < 1.29 is 9.59 Å². The van der Waals surface area contributed by atoms with Crippen LogP contribution in [0.15, 0.2) is 0 Å². The van der Waals surface area contributed by atoms with Crippen LogP contribution in [0.1, 0.15) is 32.6 Å². The molecule has 1 amide bonds. The monoisotopic (exact) mass is 169 g/mol. The molecule has 0 N–H and O–H groups in total. The fraction of sp³-hybridized carbons (Fsp3) is 0.778. The molecule has 0 bridgehead atoms. The van der Waals surface area contributed by atoms with E-state index in [1.807, 2.05) is 0 Å². The van der Waals surface area contributed by atoms with Crippen molar-refractivity contribution in [1.82, 2.24) is 4.90 Å². The van der Waals surface area contributed by atoms with Crippen molar-refractivity contribution in [2.75, 3.05) is 13.1 Å². The van der Waals surface area contributed by atoms with Crippen LogP contribution in [-0.2, 0) is 9.59 Å². The van der Waals surface area contributed by atoms with Crippen LogP contribution in [0.3, 0.4) is 0 Å². The molecule has 1 saturated heterocycles. The Hall–Kier alpha value is -0.860. The summed E-state index contributed by atoms with van der Waals surface area (Å²) in [7, 11) is 0. The van der Waals surface area contributed by atoms with E-state index in [1.54, 1.807) is 4.90 Å². The van der Waals surface area contributed by atoms with Crippen molar-refractivity contribution in [2.24, 2.45) is 0 Å². The van der Waals surface area contributed by atoms with Gasteiger partial charge in [0.25, 0.3) is 5.91 Å². The lowest BCUT2D eigenvalue weighted by Gasteiger charge is -2.25. The molecule has 0 atom stereocenters. The van der Waals surface area contributed by atoms with Gasteiger partial charge in [0, 0.05) is 19.5 Å². The maximum absolute atomic E-state index is 11.2. The number of amides is 1. The Bertz CT molecular complexity index is 189. The van der Waals surface area contributed by atoms with Crippen LogP contribution in [-0.4, -0.2) is 29.7 Å². The predicted molar refractivity (Wildman–Crippen MR) is 45.7 cm³/mol. The van der Waals surface area contributed by atoms with Crippen molar-refractivity contribution in [3.8, 4) is 0 Å². The molecule has 0 aromatic rings. The van der Waals surface area contributed by atoms with Gasteiger partial charge in [-0.15, -0.1) is 0 Å². The van der Waals surface area contributed by atoms with Crippen LogP contribution >= 0.6 is 0 Å². The molecule has 0 saturated carbocycles. The largest absolute Gasteiger partial charge is 0.336 e. The van der Waals surface area contributed by atoms with E-state index in [0.717, 1.165) is 32.4 Å². The number of carbonyl (C=O) groups is 2. The Morgan fingerprint density at radius 1 is 1.42 bits per heavy atom. The number of carbonyl (C=O) groups excluding carboxylic acids is 2. The summed E-state index contributed by atoms with van der Waals surface area (Å²) in [5.41, 5.74) is 0. The number of piperidine rings is 1. The zero-order chi connectivity index (χ0) is 8.97. The molecule has 3 heteroatoms. The van der Waals surface area contributed by atoms with E-state index in [9.17, 15) is 9.59 Å². The van der Waals surface area contributed by atoms with Gasteiger partial charge in [0.1, 0.15) is 0 Å². The predicted octanol–water partition coefficient (Wildman–Crippen LogP) is 0.978. The summed E-state index contributed by atoms with van der Waals surface area (Å²) in [5.74, 6) is -0.480. The van der Waals surface area contributed by atoms with Crippen molar-refractivity contribution in [1.29, 1.82) is 0 Å². The van der Waals surface area contributed by atoms with Crippen molar-refractivity contribution in [3.05, 3.63) is 0 Å². The Kier molecular flexibility index (Phi) is 3.26. The van der Waals surface area contributed by atoms with Gasteiger partial charge in [-0.2, -0.15) is 0 Å². The summed E-state index contributed by atoms with van der Waals surface area (Å²) >= 11 is 0. The highest BCUT2D eigenvalue weighted by molar-refractivity contribution is 6.36. The van der Waals surface area contributed by atoms with Gasteiger partial charge in [0.2, 0.25) is 5.78 Å². The van der Waals surface area contributed by atoms with Gasteiger partial charge in [-0.3, -0.25) is 9.59 Å². The summed E-state index contributed by atoms with van der Waals surface area (Å²) in [6, 6.07) is 0. The van der Waals surface area contributed by atoms with Crippen LogP contribution < -0.4 is 0 Å². The van der Waals surface area contributed by atoms with E-state index in [0.29, 0.717) is 6.42 Å². The van der Waals surface area contributed by atoms with Crippen LogP contribution in [0.4, 0.5) is 0 Å². The van der Waals surface area contributed by atoms with Gasteiger partial charge in [-0.25, -0.2) is 0 Å². The highest BCUT2D eigenvalue weighted by Crippen LogP contribution is 2.08. The molecular weight excluding hydrogens is 154 g/mol. The molecule has 1 aliphatic rings. The minimum atomic E-state index is -0.269. The molecule has 12 heavy (non-hydrogen) atoms. The molecule has 1 heterocycles. The normalized spacial score (nSPS) is 18.6. The summed E-state index contributed by atoms with van der Waals surface area (Å²) in [6.07, 6.45) is 3.35. The lowest BCUT2D eigenvalue weighted by Crippen LogP contribution is -2.41. The Balaban J connectivity index is 2.41. The molecule has 0 aromatic carbocycles. The van der Waals surface area contributed by atoms with E-state index in [1.165, 1.54) is 0 Å². The summed E-state index contributed by atoms with van der Waals surface area (Å²) < 4.78 is 0. The second kappa shape index (κ2) is 4.24. The number of ketones is 1. The van der Waals surface area contributed by atoms with E-state index < -0.39 is 0 Å². The molecule has 0 aliphatic carbocycles. The number of hydrogen-bond acceptors (Lipinski definition) is 2. The molecule has 0 aromatic heterocycles. The minimum Gasteiger partial charge on any atom is -0.336 e. The number of Topliss-reactive ketones (excluding diaryl/α,β-unsaturated/α-hetero) is 1. The molecule has 3 nitrogen and oxygen atoms in total. The first-order valence-corrected chi connectivity index (χ1v) is 4.57. The molecule has 1 rings (SSSR count). The zero-order valence-corrected chi connectivity index (χ0v) is 7.51. The first-order chi connectivity index (χ1) is 5.75. The number of unbranched alkanes of at least 4 members (excludes halogenated alkanes) is 1. The van der Waals surface area contributed by atoms with Gasteiger partial charge in [-0.1, -0.05) is 13.3 Å². The SMILES string of the molecule is CCCCN1CCCC(=O)C1=O. The highest BCUT2D eigenvalue weighted by atomic mass is 16.2. The Morgan fingerprint density at radius 2 is 2.17 bits per heavy atom. The lowest BCUT2D eigenvalue weighted by atomic mass is 10.1. The van der Waals surface area contributed by atoms with Gasteiger partial charge in [0.05, 0.1) is 0 Å². The third-order valence-electron chi connectivity index (χ3n) is 2.14. The summed E-state index contributed by atoms with van der Waals surface area (Å²) in [5, 5.41) is 0. The van der Waals surface area contributed by atoms with Crippen molar-refractivity contribution in [2.45, 2.75) is 32.6 Å². The summed E-state index contributed by atoms with van der Waals surface area (Å²) in [6.45, 7) is 3.60. The molecule has 0 unspecified atom stereocenters. The van der Waals surface area contributed by atoms with Gasteiger partial charge in [0.15, 0.2) is 0 Å². The van der Waals surface area contributed by atoms with Gasteiger partial charge < -0.3 is 4.90 Å². The first kappa shape index (κ1) is 9.23. The van der Waals surface area contributed by atoms with E-state index >= 15 is 0 Å². The number of likely N-dealkylation sites (tertiary alicyclic amines) is 1. The quantitative estimate of drug-likeness (QED) is 0.590. The fourth-order valence-electron chi connectivity index (χ4n) is 1.38. The van der Waals surface area contributed by atoms with Crippen molar-refractivity contribution >= 4 is 11.7 Å². The molecule has 1 fully saturated rings. The topological polar surface area (TPSA) is 37.4 Å². The third-order valence-corrected chi connectivity index (χ3v) is 2.14. The molecule has 1 aliphatic heterocycles. The van der Waals surface area contributed by atoms with E-state index in [-0.39, 0.29) is 11.7 Å². The number of rotatable bonds is 3.